The summed E-state index contributed by atoms with van der Waals surface area (Å²) in [7, 11) is -3.40. The van der Waals surface area contributed by atoms with E-state index >= 15 is 0 Å². The highest BCUT2D eigenvalue weighted by Gasteiger charge is 2.23. The quantitative estimate of drug-likeness (QED) is 0.653. The van der Waals surface area contributed by atoms with Gasteiger partial charge >= 0.3 is 0 Å². The first-order valence-corrected chi connectivity index (χ1v) is 10.9. The van der Waals surface area contributed by atoms with Gasteiger partial charge in [0.15, 0.2) is 0 Å². The first-order chi connectivity index (χ1) is 12.0. The van der Waals surface area contributed by atoms with Crippen LogP contribution in [0, 0.1) is 0 Å². The van der Waals surface area contributed by atoms with Gasteiger partial charge in [-0.1, -0.05) is 13.8 Å². The van der Waals surface area contributed by atoms with Crippen LogP contribution in [0.4, 0.5) is 0 Å². The van der Waals surface area contributed by atoms with E-state index in [1.165, 1.54) is 15.6 Å². The molecular weight excluding hydrogens is 362 g/mol. The molecule has 1 atom stereocenters. The smallest absolute Gasteiger partial charge is 0.252 e. The van der Waals surface area contributed by atoms with E-state index in [0.29, 0.717) is 49.9 Å². The van der Waals surface area contributed by atoms with Gasteiger partial charge < -0.3 is 15.4 Å². The molecule has 0 spiro atoms. The van der Waals surface area contributed by atoms with Gasteiger partial charge in [0.05, 0.1) is 13.2 Å². The van der Waals surface area contributed by atoms with Gasteiger partial charge in [-0.2, -0.15) is 4.31 Å². The first-order valence-electron chi connectivity index (χ1n) is 8.64. The Morgan fingerprint density at radius 3 is 2.80 bits per heavy atom. The Hall–Kier alpha value is -1.00. The molecular formula is C16H27N3O4S2. The minimum atomic E-state index is -3.40. The highest BCUT2D eigenvalue weighted by Crippen LogP contribution is 2.25. The average molecular weight is 390 g/mol. The lowest BCUT2D eigenvalue weighted by Gasteiger charge is -2.23. The number of rotatable bonds is 9. The number of amides is 1. The minimum Gasteiger partial charge on any atom is -0.378 e. The number of carbonyl (C=O) groups excluding carboxylic acids is 1. The number of carbonyl (C=O) groups is 1. The number of nitrogens with one attached hydrogen (secondary N) is 2. The van der Waals surface area contributed by atoms with Gasteiger partial charge in [-0.15, -0.1) is 11.3 Å². The van der Waals surface area contributed by atoms with E-state index in [9.17, 15) is 13.2 Å². The number of ether oxygens (including phenoxy) is 1. The van der Waals surface area contributed by atoms with Crippen molar-refractivity contribution < 1.29 is 17.9 Å². The topological polar surface area (TPSA) is 87.7 Å². The Balaban J connectivity index is 1.80. The van der Waals surface area contributed by atoms with Crippen LogP contribution in [0.2, 0.25) is 0 Å². The molecule has 9 heteroatoms. The molecule has 0 aromatic carbocycles. The molecule has 1 aliphatic heterocycles. The lowest BCUT2D eigenvalue weighted by atomic mass is 10.2. The van der Waals surface area contributed by atoms with Crippen LogP contribution in [0.1, 0.15) is 25.1 Å². The van der Waals surface area contributed by atoms with Crippen LogP contribution in [-0.4, -0.2) is 64.1 Å². The van der Waals surface area contributed by atoms with Crippen molar-refractivity contribution in [3.05, 3.63) is 17.0 Å². The Bertz CT molecular complexity index is 650. The van der Waals surface area contributed by atoms with Crippen LogP contribution < -0.4 is 10.6 Å². The number of nitrogens with zero attached hydrogens (tertiary/aromatic N) is 1. The molecule has 1 aromatic rings. The number of hydrogen-bond acceptors (Lipinski definition) is 6. The van der Waals surface area contributed by atoms with Crippen LogP contribution >= 0.6 is 11.3 Å². The van der Waals surface area contributed by atoms with Gasteiger partial charge in [0.25, 0.3) is 10.0 Å². The zero-order valence-corrected chi connectivity index (χ0v) is 16.4. The molecule has 1 unspecified atom stereocenters. The fourth-order valence-electron chi connectivity index (χ4n) is 2.69. The molecule has 1 amide bonds. The second-order valence-electron chi connectivity index (χ2n) is 5.84. The summed E-state index contributed by atoms with van der Waals surface area (Å²) in [5.41, 5.74) is 0. The highest BCUT2D eigenvalue weighted by molar-refractivity contribution is 7.91. The fourth-order valence-corrected chi connectivity index (χ4v) is 5.66. The molecule has 0 saturated carbocycles. The Kier molecular flexibility index (Phi) is 7.82. The molecule has 1 fully saturated rings. The van der Waals surface area contributed by atoms with Gasteiger partial charge in [-0.05, 0) is 18.6 Å². The van der Waals surface area contributed by atoms with Crippen LogP contribution in [-0.2, 0) is 26.0 Å². The molecule has 0 bridgehead atoms. The SMILES string of the molecule is CCN(CC)S(=O)(=O)c1ccc(CCNC(=O)CC2COCCN2)s1. The van der Waals surface area contributed by atoms with E-state index in [0.717, 1.165) is 11.4 Å². The summed E-state index contributed by atoms with van der Waals surface area (Å²) in [6.45, 7) is 7.10. The largest absolute Gasteiger partial charge is 0.378 e. The molecule has 0 radical (unpaired) electrons. The van der Waals surface area contributed by atoms with Crippen LogP contribution in [0.5, 0.6) is 0 Å². The predicted molar refractivity (Wildman–Crippen MR) is 98.4 cm³/mol. The maximum atomic E-state index is 12.5. The van der Waals surface area contributed by atoms with E-state index in [1.54, 1.807) is 6.07 Å². The van der Waals surface area contributed by atoms with E-state index < -0.39 is 10.0 Å². The minimum absolute atomic E-state index is 0.0180. The third-order valence-electron chi connectivity index (χ3n) is 4.06. The van der Waals surface area contributed by atoms with Gasteiger partial charge in [-0.25, -0.2) is 8.42 Å². The lowest BCUT2D eigenvalue weighted by Crippen LogP contribution is -2.44. The Morgan fingerprint density at radius 2 is 2.16 bits per heavy atom. The van der Waals surface area contributed by atoms with Gasteiger partial charge in [-0.3, -0.25) is 4.79 Å². The zero-order chi connectivity index (χ0) is 18.3. The number of thiophene rings is 1. The van der Waals surface area contributed by atoms with E-state index in [1.807, 2.05) is 19.9 Å². The van der Waals surface area contributed by atoms with Crippen molar-refractivity contribution in [2.24, 2.45) is 0 Å². The molecule has 1 aliphatic rings. The summed E-state index contributed by atoms with van der Waals surface area (Å²) >= 11 is 1.27. The summed E-state index contributed by atoms with van der Waals surface area (Å²) in [5, 5.41) is 6.13. The fraction of sp³-hybridized carbons (Fsp3) is 0.688. The van der Waals surface area contributed by atoms with Crippen molar-refractivity contribution in [3.8, 4) is 0 Å². The summed E-state index contributed by atoms with van der Waals surface area (Å²) < 4.78 is 32.1. The summed E-state index contributed by atoms with van der Waals surface area (Å²) in [5.74, 6) is -0.0180. The van der Waals surface area contributed by atoms with Crippen LogP contribution in [0.3, 0.4) is 0 Å². The first kappa shape index (κ1) is 20.3. The third kappa shape index (κ3) is 5.75. The van der Waals surface area contributed by atoms with Crippen molar-refractivity contribution in [2.75, 3.05) is 39.4 Å². The number of morpholine rings is 1. The normalized spacial score (nSPS) is 18.4. The van der Waals surface area contributed by atoms with Crippen molar-refractivity contribution >= 4 is 27.3 Å². The molecule has 0 aliphatic carbocycles. The van der Waals surface area contributed by atoms with Crippen molar-refractivity contribution in [3.63, 3.8) is 0 Å². The maximum absolute atomic E-state index is 12.5. The van der Waals surface area contributed by atoms with Gasteiger partial charge in [0, 0.05) is 43.5 Å². The van der Waals surface area contributed by atoms with E-state index in [4.69, 9.17) is 4.74 Å². The molecule has 25 heavy (non-hydrogen) atoms. The molecule has 7 nitrogen and oxygen atoms in total. The van der Waals surface area contributed by atoms with Gasteiger partial charge in [0.1, 0.15) is 4.21 Å². The lowest BCUT2D eigenvalue weighted by molar-refractivity contribution is -0.122. The van der Waals surface area contributed by atoms with Crippen molar-refractivity contribution in [1.29, 1.82) is 0 Å². The molecule has 2 N–H and O–H groups in total. The zero-order valence-electron chi connectivity index (χ0n) is 14.8. The average Bonchev–Trinajstić information content (AvgIpc) is 3.06. The molecule has 1 aromatic heterocycles. The van der Waals surface area contributed by atoms with Crippen molar-refractivity contribution in [1.82, 2.24) is 14.9 Å². The van der Waals surface area contributed by atoms with Crippen LogP contribution in [0.15, 0.2) is 16.3 Å². The maximum Gasteiger partial charge on any atom is 0.252 e. The van der Waals surface area contributed by atoms with Gasteiger partial charge in [0.2, 0.25) is 5.91 Å². The summed E-state index contributed by atoms with van der Waals surface area (Å²) in [6, 6.07) is 3.55. The Labute approximate surface area is 153 Å². The van der Waals surface area contributed by atoms with Crippen LogP contribution in [0.25, 0.3) is 0 Å². The molecule has 2 heterocycles. The van der Waals surface area contributed by atoms with Crippen molar-refractivity contribution in [2.45, 2.75) is 36.9 Å². The predicted octanol–water partition coefficient (Wildman–Crippen LogP) is 0.816. The molecule has 142 valence electrons. The Morgan fingerprint density at radius 1 is 1.40 bits per heavy atom. The second-order valence-corrected chi connectivity index (χ2v) is 9.17. The number of sulfonamides is 1. The molecule has 2 rings (SSSR count). The third-order valence-corrected chi connectivity index (χ3v) is 7.72. The monoisotopic (exact) mass is 389 g/mol. The molecule has 1 saturated heterocycles. The van der Waals surface area contributed by atoms with E-state index in [2.05, 4.69) is 10.6 Å². The second kappa shape index (κ2) is 9.63. The summed E-state index contributed by atoms with van der Waals surface area (Å²) in [6.07, 6.45) is 1.02. The van der Waals surface area contributed by atoms with E-state index in [-0.39, 0.29) is 11.9 Å². The highest BCUT2D eigenvalue weighted by atomic mass is 32.2. The summed E-state index contributed by atoms with van der Waals surface area (Å²) in [4.78, 5) is 12.9. The standard InChI is InChI=1S/C16H27N3O4S2/c1-3-19(4-2)25(21,22)16-6-5-14(24-16)7-8-18-15(20)11-13-12-23-10-9-17-13/h5-6,13,17H,3-4,7-12H2,1-2H3,(H,18,20). The number of hydrogen-bond donors (Lipinski definition) is 2.